The first kappa shape index (κ1) is 22.0. The van der Waals surface area contributed by atoms with Gasteiger partial charge in [0.1, 0.15) is 0 Å². The molecule has 2 aromatic carbocycles. The fourth-order valence-corrected chi connectivity index (χ4v) is 5.04. The number of likely N-dealkylation sites (N-methyl/N-ethyl adjacent to an activating group) is 1. The molecule has 2 aromatic rings. The van der Waals surface area contributed by atoms with E-state index in [1.54, 1.807) is 43.3 Å². The second kappa shape index (κ2) is 9.40. The molecule has 2 N–H and O–H groups in total. The molecule has 7 nitrogen and oxygen atoms in total. The van der Waals surface area contributed by atoms with Crippen LogP contribution in [0, 0.1) is 0 Å². The van der Waals surface area contributed by atoms with Gasteiger partial charge in [-0.05, 0) is 73.2 Å². The zero-order valence-corrected chi connectivity index (χ0v) is 18.1. The van der Waals surface area contributed by atoms with Crippen molar-refractivity contribution in [2.24, 2.45) is 0 Å². The van der Waals surface area contributed by atoms with Crippen molar-refractivity contribution in [1.82, 2.24) is 4.31 Å². The molecule has 0 heterocycles. The Kier molecular flexibility index (Phi) is 6.89. The van der Waals surface area contributed by atoms with E-state index >= 15 is 0 Å². The first-order valence-electron chi connectivity index (χ1n) is 10.1. The monoisotopic (exact) mass is 429 g/mol. The second-order valence-electron chi connectivity index (χ2n) is 7.38. The smallest absolute Gasteiger partial charge is 0.243 e. The molecule has 0 saturated carbocycles. The summed E-state index contributed by atoms with van der Waals surface area (Å²) in [5.41, 5.74) is 3.44. The fraction of sp³-hybridized carbons (Fsp3) is 0.364. The molecule has 2 amide bonds. The average Bonchev–Trinajstić information content (AvgIpc) is 2.72. The van der Waals surface area contributed by atoms with Crippen LogP contribution >= 0.6 is 0 Å². The summed E-state index contributed by atoms with van der Waals surface area (Å²) in [6.45, 7) is 3.04. The molecular weight excluding hydrogens is 402 g/mol. The second-order valence-corrected chi connectivity index (χ2v) is 9.31. The predicted octanol–water partition coefficient (Wildman–Crippen LogP) is 3.17. The van der Waals surface area contributed by atoms with Crippen LogP contribution < -0.4 is 10.6 Å². The molecule has 0 aliphatic heterocycles. The lowest BCUT2D eigenvalue weighted by atomic mass is 9.92. The Morgan fingerprint density at radius 1 is 0.933 bits per heavy atom. The molecule has 0 bridgehead atoms. The normalized spacial score (nSPS) is 13.6. The molecule has 30 heavy (non-hydrogen) atoms. The molecule has 8 heteroatoms. The Morgan fingerprint density at radius 2 is 1.53 bits per heavy atom. The van der Waals surface area contributed by atoms with Crippen molar-refractivity contribution in [3.63, 3.8) is 0 Å². The van der Waals surface area contributed by atoms with Crippen molar-refractivity contribution >= 4 is 33.2 Å². The lowest BCUT2D eigenvalue weighted by Gasteiger charge is -2.22. The number of anilines is 2. The maximum Gasteiger partial charge on any atom is 0.243 e. The molecule has 0 spiro atoms. The van der Waals surface area contributed by atoms with E-state index in [-0.39, 0.29) is 23.9 Å². The van der Waals surface area contributed by atoms with Gasteiger partial charge in [-0.3, -0.25) is 9.59 Å². The van der Waals surface area contributed by atoms with E-state index in [1.165, 1.54) is 16.8 Å². The first-order valence-corrected chi connectivity index (χ1v) is 11.5. The summed E-state index contributed by atoms with van der Waals surface area (Å²) in [5, 5.41) is 5.35. The van der Waals surface area contributed by atoms with E-state index in [0.29, 0.717) is 11.4 Å². The molecule has 1 aliphatic rings. The van der Waals surface area contributed by atoms with Crippen molar-refractivity contribution in [2.75, 3.05) is 23.7 Å². The number of nitrogens with zero attached hydrogens (tertiary/aromatic N) is 1. The van der Waals surface area contributed by atoms with Crippen LogP contribution in [0.4, 0.5) is 11.4 Å². The number of hydrogen-bond donors (Lipinski definition) is 2. The minimum absolute atomic E-state index is 0.183. The van der Waals surface area contributed by atoms with Crippen molar-refractivity contribution < 1.29 is 18.0 Å². The van der Waals surface area contributed by atoms with E-state index in [1.807, 2.05) is 6.07 Å². The van der Waals surface area contributed by atoms with E-state index < -0.39 is 15.9 Å². The van der Waals surface area contributed by atoms with Gasteiger partial charge in [-0.2, -0.15) is 4.31 Å². The van der Waals surface area contributed by atoms with Crippen LogP contribution in [0.1, 0.15) is 37.8 Å². The summed E-state index contributed by atoms with van der Waals surface area (Å²) in [4.78, 5) is 23.8. The molecule has 0 atom stereocenters. The summed E-state index contributed by atoms with van der Waals surface area (Å²) in [6.07, 6.45) is 4.07. The number of carbonyl (C=O) groups is 2. The zero-order valence-electron chi connectivity index (χ0n) is 17.3. The van der Waals surface area contributed by atoms with Gasteiger partial charge in [-0.25, -0.2) is 8.42 Å². The number of amides is 2. The molecular formula is C22H27N3O4S. The zero-order chi connectivity index (χ0) is 21.7. The van der Waals surface area contributed by atoms with E-state index in [2.05, 4.69) is 10.6 Å². The molecule has 160 valence electrons. The number of aryl methyl sites for hydroxylation is 2. The van der Waals surface area contributed by atoms with Crippen LogP contribution in [0.3, 0.4) is 0 Å². The van der Waals surface area contributed by atoms with Gasteiger partial charge < -0.3 is 10.6 Å². The predicted molar refractivity (Wildman–Crippen MR) is 117 cm³/mol. The quantitative estimate of drug-likeness (QED) is 0.707. The molecule has 0 fully saturated rings. The third kappa shape index (κ3) is 5.25. The third-order valence-electron chi connectivity index (χ3n) is 5.12. The number of sulfonamides is 1. The van der Waals surface area contributed by atoms with Crippen molar-refractivity contribution in [3.8, 4) is 0 Å². The molecule has 1 aliphatic carbocycles. The van der Waals surface area contributed by atoms with Crippen molar-refractivity contribution in [3.05, 3.63) is 53.6 Å². The third-order valence-corrected chi connectivity index (χ3v) is 7.04. The highest BCUT2D eigenvalue weighted by Crippen LogP contribution is 2.25. The van der Waals surface area contributed by atoms with Crippen molar-refractivity contribution in [2.45, 2.75) is 44.4 Å². The highest BCUT2D eigenvalue weighted by molar-refractivity contribution is 7.89. The van der Waals surface area contributed by atoms with Gasteiger partial charge in [0.15, 0.2) is 0 Å². The van der Waals surface area contributed by atoms with Gasteiger partial charge in [0.05, 0.1) is 11.4 Å². The highest BCUT2D eigenvalue weighted by atomic mass is 32.2. The summed E-state index contributed by atoms with van der Waals surface area (Å²) < 4.78 is 27.4. The standard InChI is InChI=1S/C22H27N3O4S/c1-3-25(15-22(27)24-20-11-9-19(10-12-20)23-16(2)26)30(28,29)21-13-8-17-6-4-5-7-18(17)14-21/h8-14H,3-7,15H2,1-2H3,(H,23,26)(H,24,27). The Morgan fingerprint density at radius 3 is 2.13 bits per heavy atom. The van der Waals surface area contributed by atoms with Gasteiger partial charge in [-0.15, -0.1) is 0 Å². The SMILES string of the molecule is CCN(CC(=O)Nc1ccc(NC(C)=O)cc1)S(=O)(=O)c1ccc2c(c1)CCCC2. The van der Waals surface area contributed by atoms with Gasteiger partial charge in [0, 0.05) is 24.8 Å². The fourth-order valence-electron chi connectivity index (χ4n) is 3.59. The summed E-state index contributed by atoms with van der Waals surface area (Å²) in [6, 6.07) is 11.9. The molecule has 0 saturated heterocycles. The highest BCUT2D eigenvalue weighted by Gasteiger charge is 2.26. The number of hydrogen-bond acceptors (Lipinski definition) is 4. The number of benzene rings is 2. The minimum atomic E-state index is -3.77. The van der Waals surface area contributed by atoms with Crippen LogP contribution in [0.15, 0.2) is 47.4 Å². The van der Waals surface area contributed by atoms with E-state index in [4.69, 9.17) is 0 Å². The lowest BCUT2D eigenvalue weighted by molar-refractivity contribution is -0.116. The number of rotatable bonds is 7. The summed E-state index contributed by atoms with van der Waals surface area (Å²) in [5.74, 6) is -0.608. The molecule has 0 radical (unpaired) electrons. The summed E-state index contributed by atoms with van der Waals surface area (Å²) >= 11 is 0. The average molecular weight is 430 g/mol. The Bertz CT molecular complexity index is 1030. The van der Waals surface area contributed by atoms with Crippen molar-refractivity contribution in [1.29, 1.82) is 0 Å². The summed E-state index contributed by atoms with van der Waals surface area (Å²) in [7, 11) is -3.77. The number of fused-ring (bicyclic) bond motifs is 1. The largest absolute Gasteiger partial charge is 0.326 e. The lowest BCUT2D eigenvalue weighted by Crippen LogP contribution is -2.37. The van der Waals surface area contributed by atoms with Gasteiger partial charge in [-0.1, -0.05) is 13.0 Å². The van der Waals surface area contributed by atoms with Gasteiger partial charge in [0.25, 0.3) is 0 Å². The first-order chi connectivity index (χ1) is 14.3. The number of carbonyl (C=O) groups excluding carboxylic acids is 2. The van der Waals surface area contributed by atoms with Gasteiger partial charge >= 0.3 is 0 Å². The maximum atomic E-state index is 13.1. The molecule has 0 unspecified atom stereocenters. The van der Waals surface area contributed by atoms with Crippen LogP contribution in [0.2, 0.25) is 0 Å². The minimum Gasteiger partial charge on any atom is -0.326 e. The van der Waals surface area contributed by atoms with Crippen LogP contribution in [0.5, 0.6) is 0 Å². The maximum absolute atomic E-state index is 13.1. The van der Waals surface area contributed by atoms with E-state index in [9.17, 15) is 18.0 Å². The number of nitrogens with one attached hydrogen (secondary N) is 2. The molecule has 3 rings (SSSR count). The topological polar surface area (TPSA) is 95.6 Å². The van der Waals surface area contributed by atoms with Gasteiger partial charge in [0.2, 0.25) is 21.8 Å². The van der Waals surface area contributed by atoms with Crippen LogP contribution in [-0.2, 0) is 32.5 Å². The Balaban J connectivity index is 1.69. The molecule has 0 aromatic heterocycles. The van der Waals surface area contributed by atoms with Crippen LogP contribution in [0.25, 0.3) is 0 Å². The van der Waals surface area contributed by atoms with Crippen LogP contribution in [-0.4, -0.2) is 37.6 Å². The Hall–Kier alpha value is -2.71. The Labute approximate surface area is 177 Å². The van der Waals surface area contributed by atoms with E-state index in [0.717, 1.165) is 31.2 Å².